The predicted molar refractivity (Wildman–Crippen MR) is 78.6 cm³/mol. The van der Waals surface area contributed by atoms with E-state index in [0.717, 1.165) is 34.7 Å². The molecule has 0 radical (unpaired) electrons. The summed E-state index contributed by atoms with van der Waals surface area (Å²) < 4.78 is 6.07. The fraction of sp³-hybridized carbons (Fsp3) is 0.125. The Morgan fingerprint density at radius 3 is 3.00 bits per heavy atom. The first kappa shape index (κ1) is 10.9. The van der Waals surface area contributed by atoms with Gasteiger partial charge in [0.05, 0.1) is 16.8 Å². The molecule has 19 heavy (non-hydrogen) atoms. The molecule has 1 atom stereocenters. The Kier molecular flexibility index (Phi) is 2.32. The zero-order chi connectivity index (χ0) is 12.8. The van der Waals surface area contributed by atoms with Gasteiger partial charge in [0.25, 0.3) is 0 Å². The second kappa shape index (κ2) is 4.04. The minimum Gasteiger partial charge on any atom is -0.453 e. The highest BCUT2D eigenvalue weighted by atomic mass is 35.5. The van der Waals surface area contributed by atoms with E-state index in [2.05, 4.69) is 29.6 Å². The number of hydrogen-bond acceptors (Lipinski definition) is 2. The van der Waals surface area contributed by atoms with E-state index in [9.17, 15) is 0 Å². The molecule has 0 spiro atoms. The molecule has 2 aliphatic rings. The summed E-state index contributed by atoms with van der Waals surface area (Å²) in [5.74, 6) is 1.77. The average molecular weight is 270 g/mol. The molecular formula is C16H12ClNO. The molecule has 2 nitrogen and oxygen atoms in total. The van der Waals surface area contributed by atoms with Gasteiger partial charge in [0.15, 0.2) is 5.75 Å². The summed E-state index contributed by atoms with van der Waals surface area (Å²) in [6.45, 7) is 0. The molecule has 0 saturated carbocycles. The van der Waals surface area contributed by atoms with Crippen LogP contribution < -0.4 is 10.1 Å². The summed E-state index contributed by atoms with van der Waals surface area (Å²) >= 11 is 6.14. The van der Waals surface area contributed by atoms with Crippen molar-refractivity contribution in [1.82, 2.24) is 0 Å². The van der Waals surface area contributed by atoms with E-state index in [1.165, 1.54) is 5.39 Å². The van der Waals surface area contributed by atoms with Gasteiger partial charge in [-0.1, -0.05) is 36.4 Å². The highest BCUT2D eigenvalue weighted by Gasteiger charge is 2.23. The third-order valence-corrected chi connectivity index (χ3v) is 3.83. The minimum atomic E-state index is 0.0388. The molecule has 1 N–H and O–H groups in total. The number of benzene rings is 2. The van der Waals surface area contributed by atoms with Crippen molar-refractivity contribution in [3.05, 3.63) is 60.0 Å². The zero-order valence-electron chi connectivity index (χ0n) is 10.2. The fourth-order valence-electron chi connectivity index (χ4n) is 2.59. The van der Waals surface area contributed by atoms with E-state index >= 15 is 0 Å². The average Bonchev–Trinajstić information content (AvgIpc) is 2.45. The van der Waals surface area contributed by atoms with Crippen molar-refractivity contribution < 1.29 is 4.74 Å². The molecule has 0 fully saturated rings. The molecule has 0 aromatic heterocycles. The van der Waals surface area contributed by atoms with E-state index in [0.29, 0.717) is 0 Å². The van der Waals surface area contributed by atoms with E-state index in [1.54, 1.807) is 0 Å². The summed E-state index contributed by atoms with van der Waals surface area (Å²) in [5.41, 5.74) is 2.07. The number of halogens is 1. The number of ether oxygens (including phenoxy) is 1. The lowest BCUT2D eigenvalue weighted by molar-refractivity contribution is 0.432. The molecule has 3 heteroatoms. The molecule has 94 valence electrons. The van der Waals surface area contributed by atoms with Crippen molar-refractivity contribution in [1.29, 1.82) is 0 Å². The van der Waals surface area contributed by atoms with Crippen LogP contribution in [0.1, 0.15) is 6.42 Å². The van der Waals surface area contributed by atoms with Crippen LogP contribution in [0.15, 0.2) is 60.0 Å². The molecule has 2 aromatic rings. The van der Waals surface area contributed by atoms with Crippen molar-refractivity contribution in [2.75, 3.05) is 5.32 Å². The number of allylic oxidation sites excluding steroid dienone is 3. The van der Waals surface area contributed by atoms with Gasteiger partial charge in [-0.2, -0.15) is 0 Å². The first-order valence-electron chi connectivity index (χ1n) is 6.33. The normalized spacial score (nSPS) is 20.6. The quantitative estimate of drug-likeness (QED) is 0.715. The largest absolute Gasteiger partial charge is 0.453 e. The standard InChI is InChI=1S/C16H12ClNO/c17-11-6-8-15-14(9-11)18-13-7-5-10-3-1-2-4-12(10)16(13)19-15/h1-8,11,18H,9H2/t11-/m1/s1. The maximum absolute atomic E-state index is 6.14. The Balaban J connectivity index is 1.87. The van der Waals surface area contributed by atoms with E-state index in [1.807, 2.05) is 24.3 Å². The highest BCUT2D eigenvalue weighted by Crippen LogP contribution is 2.41. The molecule has 1 aliphatic carbocycles. The number of hydrogen-bond donors (Lipinski definition) is 1. The van der Waals surface area contributed by atoms with E-state index < -0.39 is 0 Å². The number of nitrogens with one attached hydrogen (secondary N) is 1. The lowest BCUT2D eigenvalue weighted by Gasteiger charge is -2.27. The molecule has 1 aliphatic heterocycles. The van der Waals surface area contributed by atoms with Gasteiger partial charge in [-0.05, 0) is 17.5 Å². The van der Waals surface area contributed by atoms with Crippen LogP contribution in [0.2, 0.25) is 0 Å². The topological polar surface area (TPSA) is 21.3 Å². The van der Waals surface area contributed by atoms with Gasteiger partial charge in [-0.3, -0.25) is 0 Å². The number of anilines is 1. The monoisotopic (exact) mass is 269 g/mol. The third-order valence-electron chi connectivity index (χ3n) is 3.53. The van der Waals surface area contributed by atoms with Crippen LogP contribution in [0.4, 0.5) is 5.69 Å². The Hall–Kier alpha value is -1.93. The first-order valence-corrected chi connectivity index (χ1v) is 6.77. The lowest BCUT2D eigenvalue weighted by atomic mass is 10.0. The molecule has 2 aromatic carbocycles. The van der Waals surface area contributed by atoms with Crippen LogP contribution >= 0.6 is 11.6 Å². The van der Waals surface area contributed by atoms with Crippen molar-refractivity contribution in [2.24, 2.45) is 0 Å². The SMILES string of the molecule is Cl[C@@H]1C=CC2=C(C1)Nc1ccc3ccccc3c1O2. The van der Waals surface area contributed by atoms with Crippen LogP contribution in [0.3, 0.4) is 0 Å². The Bertz CT molecular complexity index is 733. The van der Waals surface area contributed by atoms with Crippen molar-refractivity contribution in [2.45, 2.75) is 11.8 Å². The zero-order valence-corrected chi connectivity index (χ0v) is 10.9. The van der Waals surface area contributed by atoms with E-state index in [4.69, 9.17) is 16.3 Å². The summed E-state index contributed by atoms with van der Waals surface area (Å²) in [6.07, 6.45) is 4.70. The van der Waals surface area contributed by atoms with Gasteiger partial charge in [0.1, 0.15) is 5.76 Å². The molecular weight excluding hydrogens is 258 g/mol. The smallest absolute Gasteiger partial charge is 0.158 e. The van der Waals surface area contributed by atoms with Gasteiger partial charge < -0.3 is 10.1 Å². The maximum atomic E-state index is 6.14. The number of alkyl halides is 1. The molecule has 4 rings (SSSR count). The van der Waals surface area contributed by atoms with Crippen molar-refractivity contribution in [3.63, 3.8) is 0 Å². The number of fused-ring (bicyclic) bond motifs is 3. The first-order chi connectivity index (χ1) is 9.31. The van der Waals surface area contributed by atoms with Crippen LogP contribution in [0.25, 0.3) is 10.8 Å². The Morgan fingerprint density at radius 1 is 1.16 bits per heavy atom. The second-order valence-corrected chi connectivity index (χ2v) is 5.37. The van der Waals surface area contributed by atoms with Crippen molar-refractivity contribution >= 4 is 28.1 Å². The van der Waals surface area contributed by atoms with Gasteiger partial charge in [0.2, 0.25) is 0 Å². The summed E-state index contributed by atoms with van der Waals surface area (Å²) in [4.78, 5) is 0. The van der Waals surface area contributed by atoms with Gasteiger partial charge in [-0.15, -0.1) is 11.6 Å². The van der Waals surface area contributed by atoms with Crippen LogP contribution in [-0.4, -0.2) is 5.38 Å². The van der Waals surface area contributed by atoms with Gasteiger partial charge >= 0.3 is 0 Å². The van der Waals surface area contributed by atoms with Crippen molar-refractivity contribution in [3.8, 4) is 5.75 Å². The van der Waals surface area contributed by atoms with Crippen LogP contribution in [0, 0.1) is 0 Å². The molecule has 0 saturated heterocycles. The maximum Gasteiger partial charge on any atom is 0.158 e. The Labute approximate surface area is 116 Å². The summed E-state index contributed by atoms with van der Waals surface area (Å²) in [6, 6.07) is 12.4. The summed E-state index contributed by atoms with van der Waals surface area (Å²) in [5, 5.41) is 5.79. The molecule has 0 bridgehead atoms. The van der Waals surface area contributed by atoms with Crippen LogP contribution in [0.5, 0.6) is 5.75 Å². The van der Waals surface area contributed by atoms with Gasteiger partial charge in [-0.25, -0.2) is 0 Å². The second-order valence-electron chi connectivity index (χ2n) is 4.81. The Morgan fingerprint density at radius 2 is 2.05 bits per heavy atom. The minimum absolute atomic E-state index is 0.0388. The lowest BCUT2D eigenvalue weighted by Crippen LogP contribution is -2.19. The molecule has 0 unspecified atom stereocenters. The summed E-state index contributed by atoms with van der Waals surface area (Å²) in [7, 11) is 0. The molecule has 0 amide bonds. The van der Waals surface area contributed by atoms with Gasteiger partial charge in [0, 0.05) is 11.8 Å². The van der Waals surface area contributed by atoms with E-state index in [-0.39, 0.29) is 5.38 Å². The number of rotatable bonds is 0. The molecule has 1 heterocycles. The predicted octanol–water partition coefficient (Wildman–Crippen LogP) is 4.42. The highest BCUT2D eigenvalue weighted by molar-refractivity contribution is 6.22. The van der Waals surface area contributed by atoms with Crippen LogP contribution in [-0.2, 0) is 0 Å². The fourth-order valence-corrected chi connectivity index (χ4v) is 2.82. The third kappa shape index (κ3) is 1.71.